The van der Waals surface area contributed by atoms with E-state index in [2.05, 4.69) is 35.0 Å². The minimum Gasteiger partial charge on any atom is -0.341 e. The minimum absolute atomic E-state index is 0.247. The molecule has 1 amide bonds. The highest BCUT2D eigenvalue weighted by molar-refractivity contribution is 9.10. The molecule has 0 bridgehead atoms. The zero-order chi connectivity index (χ0) is 14.1. The molecule has 0 unspecified atom stereocenters. The molecule has 1 rings (SSSR count). The lowest BCUT2D eigenvalue weighted by molar-refractivity contribution is -0.130. The summed E-state index contributed by atoms with van der Waals surface area (Å²) in [7, 11) is 1.88. The van der Waals surface area contributed by atoms with E-state index >= 15 is 0 Å². The van der Waals surface area contributed by atoms with Gasteiger partial charge in [-0.15, -0.1) is 0 Å². The van der Waals surface area contributed by atoms with Crippen LogP contribution >= 0.6 is 15.9 Å². The molecule has 1 aromatic rings. The first-order chi connectivity index (χ1) is 9.13. The fraction of sp³-hybridized carbons (Fsp3) is 0.562. The third-order valence-electron chi connectivity index (χ3n) is 3.23. The average molecular weight is 326 g/mol. The summed E-state index contributed by atoms with van der Waals surface area (Å²) < 4.78 is 1.06. The van der Waals surface area contributed by atoms with Gasteiger partial charge in [0.1, 0.15) is 0 Å². The Morgan fingerprint density at radius 3 is 2.63 bits per heavy atom. The summed E-state index contributed by atoms with van der Waals surface area (Å²) in [4.78, 5) is 13.8. The molecule has 0 fully saturated rings. The van der Waals surface area contributed by atoms with Crippen LogP contribution in [0.25, 0.3) is 0 Å². The highest BCUT2D eigenvalue weighted by Crippen LogP contribution is 2.14. The van der Waals surface area contributed by atoms with Crippen molar-refractivity contribution in [3.63, 3.8) is 0 Å². The first kappa shape index (κ1) is 16.2. The van der Waals surface area contributed by atoms with Crippen LogP contribution in [0.1, 0.15) is 51.0 Å². The van der Waals surface area contributed by atoms with E-state index in [9.17, 15) is 4.79 Å². The molecule has 0 atom stereocenters. The Bertz CT molecular complexity index is 392. The Balaban J connectivity index is 2.28. The monoisotopic (exact) mass is 325 g/mol. The Labute approximate surface area is 125 Å². The minimum atomic E-state index is 0.247. The fourth-order valence-electron chi connectivity index (χ4n) is 2.07. The number of unbranched alkanes of at least 4 members (excludes halogenated alkanes) is 4. The number of benzene rings is 1. The zero-order valence-electron chi connectivity index (χ0n) is 12.0. The second-order valence-corrected chi connectivity index (χ2v) is 5.96. The molecule has 0 aromatic heterocycles. The van der Waals surface area contributed by atoms with E-state index in [4.69, 9.17) is 0 Å². The van der Waals surface area contributed by atoms with Crippen molar-refractivity contribution in [1.82, 2.24) is 4.90 Å². The highest BCUT2D eigenvalue weighted by Gasteiger charge is 2.08. The third kappa shape index (κ3) is 6.76. The van der Waals surface area contributed by atoms with Crippen LogP contribution in [0.5, 0.6) is 0 Å². The first-order valence-electron chi connectivity index (χ1n) is 7.12. The van der Waals surface area contributed by atoms with Crippen molar-refractivity contribution < 1.29 is 4.79 Å². The van der Waals surface area contributed by atoms with Gasteiger partial charge in [0.15, 0.2) is 0 Å². The van der Waals surface area contributed by atoms with Crippen molar-refractivity contribution in [2.45, 2.75) is 52.0 Å². The standard InChI is InChI=1S/C16H24BrNO/c1-3-4-5-6-7-11-16(19)18(2)13-14-9-8-10-15(17)12-14/h8-10,12H,3-7,11,13H2,1-2H3. The second-order valence-electron chi connectivity index (χ2n) is 5.04. The van der Waals surface area contributed by atoms with Crippen molar-refractivity contribution in [3.8, 4) is 0 Å². The fourth-order valence-corrected chi connectivity index (χ4v) is 2.51. The lowest BCUT2D eigenvalue weighted by Crippen LogP contribution is -2.25. The normalized spacial score (nSPS) is 10.5. The van der Waals surface area contributed by atoms with Crippen LogP contribution in [0.4, 0.5) is 0 Å². The maximum atomic E-state index is 12.0. The van der Waals surface area contributed by atoms with Crippen LogP contribution in [-0.2, 0) is 11.3 Å². The predicted molar refractivity (Wildman–Crippen MR) is 84.0 cm³/mol. The van der Waals surface area contributed by atoms with E-state index in [1.165, 1.54) is 25.7 Å². The maximum absolute atomic E-state index is 12.0. The smallest absolute Gasteiger partial charge is 0.222 e. The molecule has 0 aliphatic rings. The number of halogens is 1. The summed E-state index contributed by atoms with van der Waals surface area (Å²) in [6, 6.07) is 8.11. The molecule has 106 valence electrons. The van der Waals surface area contributed by atoms with Crippen molar-refractivity contribution in [3.05, 3.63) is 34.3 Å². The summed E-state index contributed by atoms with van der Waals surface area (Å²) in [5, 5.41) is 0. The summed E-state index contributed by atoms with van der Waals surface area (Å²) in [5.74, 6) is 0.247. The van der Waals surface area contributed by atoms with Gasteiger partial charge in [-0.3, -0.25) is 4.79 Å². The Kier molecular flexibility index (Phi) is 7.80. The molecule has 0 heterocycles. The lowest BCUT2D eigenvalue weighted by Gasteiger charge is -2.17. The van der Waals surface area contributed by atoms with Crippen molar-refractivity contribution in [1.29, 1.82) is 0 Å². The number of rotatable bonds is 8. The van der Waals surface area contributed by atoms with Gasteiger partial charge in [-0.25, -0.2) is 0 Å². The van der Waals surface area contributed by atoms with E-state index in [1.807, 2.05) is 24.1 Å². The quantitative estimate of drug-likeness (QED) is 0.630. The van der Waals surface area contributed by atoms with Gasteiger partial charge < -0.3 is 4.90 Å². The summed E-state index contributed by atoms with van der Waals surface area (Å²) in [5.41, 5.74) is 1.16. The van der Waals surface area contributed by atoms with Crippen LogP contribution in [0.15, 0.2) is 28.7 Å². The topological polar surface area (TPSA) is 20.3 Å². The molecular weight excluding hydrogens is 302 g/mol. The molecule has 19 heavy (non-hydrogen) atoms. The van der Waals surface area contributed by atoms with E-state index in [1.54, 1.807) is 0 Å². The maximum Gasteiger partial charge on any atom is 0.222 e. The van der Waals surface area contributed by atoms with E-state index in [0.717, 1.165) is 16.5 Å². The van der Waals surface area contributed by atoms with E-state index < -0.39 is 0 Å². The van der Waals surface area contributed by atoms with Crippen LogP contribution in [0.2, 0.25) is 0 Å². The molecular formula is C16H24BrNO. The third-order valence-corrected chi connectivity index (χ3v) is 3.72. The average Bonchev–Trinajstić information content (AvgIpc) is 2.38. The largest absolute Gasteiger partial charge is 0.341 e. The van der Waals surface area contributed by atoms with E-state index in [0.29, 0.717) is 13.0 Å². The number of amides is 1. The predicted octanol–water partition coefficient (Wildman–Crippen LogP) is 4.77. The summed E-state index contributed by atoms with van der Waals surface area (Å²) >= 11 is 3.45. The molecule has 0 N–H and O–H groups in total. The second kappa shape index (κ2) is 9.13. The number of hydrogen-bond acceptors (Lipinski definition) is 1. The number of hydrogen-bond donors (Lipinski definition) is 0. The molecule has 0 aliphatic carbocycles. The molecule has 0 spiro atoms. The molecule has 1 aromatic carbocycles. The SMILES string of the molecule is CCCCCCCC(=O)N(C)Cc1cccc(Br)c1. The Morgan fingerprint density at radius 1 is 1.21 bits per heavy atom. The molecule has 0 saturated carbocycles. The van der Waals surface area contributed by atoms with Crippen molar-refractivity contribution in [2.75, 3.05) is 7.05 Å². The van der Waals surface area contributed by atoms with Crippen LogP contribution in [0.3, 0.4) is 0 Å². The van der Waals surface area contributed by atoms with Gasteiger partial charge in [0.2, 0.25) is 5.91 Å². The van der Waals surface area contributed by atoms with Crippen LogP contribution in [-0.4, -0.2) is 17.9 Å². The van der Waals surface area contributed by atoms with Gasteiger partial charge in [-0.05, 0) is 24.1 Å². The Morgan fingerprint density at radius 2 is 1.95 bits per heavy atom. The van der Waals surface area contributed by atoms with Crippen molar-refractivity contribution in [2.24, 2.45) is 0 Å². The van der Waals surface area contributed by atoms with Crippen molar-refractivity contribution >= 4 is 21.8 Å². The van der Waals surface area contributed by atoms with E-state index in [-0.39, 0.29) is 5.91 Å². The van der Waals surface area contributed by atoms with Gasteiger partial charge in [0.05, 0.1) is 0 Å². The first-order valence-corrected chi connectivity index (χ1v) is 7.91. The van der Waals surface area contributed by atoms with Crippen LogP contribution < -0.4 is 0 Å². The van der Waals surface area contributed by atoms with Crippen LogP contribution in [0, 0.1) is 0 Å². The molecule has 0 aliphatic heterocycles. The van der Waals surface area contributed by atoms with Gasteiger partial charge >= 0.3 is 0 Å². The molecule has 0 saturated heterocycles. The highest BCUT2D eigenvalue weighted by atomic mass is 79.9. The zero-order valence-corrected chi connectivity index (χ0v) is 13.6. The van der Waals surface area contributed by atoms with Gasteiger partial charge in [-0.2, -0.15) is 0 Å². The van der Waals surface area contributed by atoms with Gasteiger partial charge in [-0.1, -0.05) is 60.7 Å². The van der Waals surface area contributed by atoms with Gasteiger partial charge in [0.25, 0.3) is 0 Å². The number of carbonyl (C=O) groups excluding carboxylic acids is 1. The summed E-state index contributed by atoms with van der Waals surface area (Å²) in [6.45, 7) is 2.89. The summed E-state index contributed by atoms with van der Waals surface area (Å²) in [6.07, 6.45) is 6.64. The lowest BCUT2D eigenvalue weighted by atomic mass is 10.1. The molecule has 3 heteroatoms. The molecule has 0 radical (unpaired) electrons. The molecule has 2 nitrogen and oxygen atoms in total. The number of nitrogens with zero attached hydrogens (tertiary/aromatic N) is 1. The van der Waals surface area contributed by atoms with Gasteiger partial charge in [0, 0.05) is 24.5 Å². The number of carbonyl (C=O) groups is 1. The Hall–Kier alpha value is -0.830.